The minimum Gasteiger partial charge on any atom is -0.449 e. The largest absolute Gasteiger partial charge is 0.449 e. The molecule has 1 rings (SSSR count). The third kappa shape index (κ3) is 2.13. The van der Waals surface area contributed by atoms with Crippen LogP contribution in [0.3, 0.4) is 0 Å². The maximum absolute atomic E-state index is 11.7. The molecule has 0 spiro atoms. The van der Waals surface area contributed by atoms with Gasteiger partial charge in [0.2, 0.25) is 0 Å². The number of thiol groups is 1. The third-order valence-electron chi connectivity index (χ3n) is 1.91. The summed E-state index contributed by atoms with van der Waals surface area (Å²) >= 11 is 4.11. The highest BCUT2D eigenvalue weighted by Gasteiger charge is 2.18. The second kappa shape index (κ2) is 4.84. The molecule has 78 valence electrons. The average Bonchev–Trinajstić information content (AvgIpc) is 2.54. The number of hydrogen-bond acceptors (Lipinski definition) is 3. The zero-order chi connectivity index (χ0) is 11.4. The fourth-order valence-electron chi connectivity index (χ4n) is 1.28. The molecule has 1 heterocycles. The summed E-state index contributed by atoms with van der Waals surface area (Å²) in [5, 5.41) is 0.294. The second-order valence-corrected chi connectivity index (χ2v) is 3.24. The van der Waals surface area contributed by atoms with Crippen molar-refractivity contribution in [3.05, 3.63) is 42.2 Å². The summed E-state index contributed by atoms with van der Waals surface area (Å²) in [5.41, 5.74) is 1.07. The smallest absolute Gasteiger partial charge is 0.190 e. The van der Waals surface area contributed by atoms with E-state index in [2.05, 4.69) is 25.8 Å². The van der Waals surface area contributed by atoms with E-state index in [4.69, 9.17) is 4.42 Å². The van der Waals surface area contributed by atoms with Crippen molar-refractivity contribution in [1.82, 2.24) is 0 Å². The van der Waals surface area contributed by atoms with Crippen molar-refractivity contribution < 1.29 is 9.21 Å². The minimum absolute atomic E-state index is 0.144. The van der Waals surface area contributed by atoms with Gasteiger partial charge in [0, 0.05) is 5.56 Å². The summed E-state index contributed by atoms with van der Waals surface area (Å²) in [6.45, 7) is 9.01. The van der Waals surface area contributed by atoms with Crippen molar-refractivity contribution in [2.24, 2.45) is 0 Å². The van der Waals surface area contributed by atoms with Crippen molar-refractivity contribution in [3.8, 4) is 0 Å². The maximum Gasteiger partial charge on any atom is 0.190 e. The van der Waals surface area contributed by atoms with Crippen molar-refractivity contribution in [1.29, 1.82) is 0 Å². The van der Waals surface area contributed by atoms with Crippen molar-refractivity contribution in [2.45, 2.75) is 12.0 Å². The Hall–Kier alpha value is -1.48. The third-order valence-corrected chi connectivity index (χ3v) is 2.22. The molecule has 0 aliphatic rings. The SMILES string of the molecule is C=Cc1oc(S)c(C(=O)C=CC)c1C=C. The van der Waals surface area contributed by atoms with Gasteiger partial charge in [0.25, 0.3) is 0 Å². The van der Waals surface area contributed by atoms with Gasteiger partial charge in [-0.3, -0.25) is 4.79 Å². The summed E-state index contributed by atoms with van der Waals surface area (Å²) in [7, 11) is 0. The summed E-state index contributed by atoms with van der Waals surface area (Å²) in [6.07, 6.45) is 6.23. The van der Waals surface area contributed by atoms with Gasteiger partial charge in [-0.25, -0.2) is 0 Å². The Morgan fingerprint density at radius 1 is 1.40 bits per heavy atom. The van der Waals surface area contributed by atoms with Gasteiger partial charge in [0.1, 0.15) is 5.76 Å². The van der Waals surface area contributed by atoms with Crippen LogP contribution < -0.4 is 0 Å². The van der Waals surface area contributed by atoms with Gasteiger partial charge in [0.05, 0.1) is 5.56 Å². The van der Waals surface area contributed by atoms with Crippen LogP contribution in [0.4, 0.5) is 0 Å². The number of rotatable bonds is 4. The van der Waals surface area contributed by atoms with Gasteiger partial charge in [-0.05, 0) is 19.1 Å². The first-order valence-corrected chi connectivity index (χ1v) is 4.88. The molecule has 0 atom stereocenters. The molecule has 0 aliphatic carbocycles. The minimum atomic E-state index is -0.144. The zero-order valence-corrected chi connectivity index (χ0v) is 9.38. The normalized spacial score (nSPS) is 10.5. The summed E-state index contributed by atoms with van der Waals surface area (Å²) < 4.78 is 5.27. The molecular formula is C12H12O2S. The molecule has 0 saturated heterocycles. The van der Waals surface area contributed by atoms with Crippen LogP contribution >= 0.6 is 12.6 Å². The van der Waals surface area contributed by atoms with E-state index in [1.54, 1.807) is 19.1 Å². The van der Waals surface area contributed by atoms with Crippen LogP contribution in [0, 0.1) is 0 Å². The molecule has 0 aromatic carbocycles. The molecule has 0 saturated carbocycles. The summed E-state index contributed by atoms with van der Waals surface area (Å²) in [4.78, 5) is 11.7. The highest BCUT2D eigenvalue weighted by atomic mass is 32.1. The van der Waals surface area contributed by atoms with Crippen LogP contribution in [-0.2, 0) is 0 Å². The van der Waals surface area contributed by atoms with Gasteiger partial charge >= 0.3 is 0 Å². The first-order chi connectivity index (χ1) is 7.15. The lowest BCUT2D eigenvalue weighted by atomic mass is 10.1. The van der Waals surface area contributed by atoms with Gasteiger partial charge < -0.3 is 4.42 Å². The molecular weight excluding hydrogens is 208 g/mol. The van der Waals surface area contributed by atoms with E-state index in [-0.39, 0.29) is 5.78 Å². The molecule has 3 heteroatoms. The lowest BCUT2D eigenvalue weighted by molar-refractivity contribution is 0.104. The standard InChI is InChI=1S/C12H12O2S/c1-4-7-9(13)11-8(5-2)10(6-3)14-12(11)15/h4-7,15H,2-3H2,1H3. The molecule has 15 heavy (non-hydrogen) atoms. The van der Waals surface area contributed by atoms with E-state index in [1.807, 2.05) is 0 Å². The second-order valence-electron chi connectivity index (χ2n) is 2.83. The van der Waals surface area contributed by atoms with Gasteiger partial charge in [0.15, 0.2) is 10.9 Å². The molecule has 0 fully saturated rings. The van der Waals surface area contributed by atoms with Crippen LogP contribution in [0.2, 0.25) is 0 Å². The van der Waals surface area contributed by atoms with Crippen molar-refractivity contribution in [3.63, 3.8) is 0 Å². The Kier molecular flexibility index (Phi) is 3.74. The lowest BCUT2D eigenvalue weighted by Crippen LogP contribution is -1.95. The molecule has 0 N–H and O–H groups in total. The van der Waals surface area contributed by atoms with E-state index >= 15 is 0 Å². The molecule has 1 aromatic heterocycles. The zero-order valence-electron chi connectivity index (χ0n) is 8.49. The molecule has 0 radical (unpaired) electrons. The number of allylic oxidation sites excluding steroid dienone is 2. The molecule has 0 aliphatic heterocycles. The lowest BCUT2D eigenvalue weighted by Gasteiger charge is -1.94. The number of ketones is 1. The first kappa shape index (κ1) is 11.6. The fourth-order valence-corrected chi connectivity index (χ4v) is 1.60. The van der Waals surface area contributed by atoms with Crippen LogP contribution in [0.15, 0.2) is 34.8 Å². The number of carbonyl (C=O) groups excluding carboxylic acids is 1. The van der Waals surface area contributed by atoms with Gasteiger partial charge in [-0.1, -0.05) is 25.3 Å². The Morgan fingerprint density at radius 2 is 2.07 bits per heavy atom. The van der Waals surface area contributed by atoms with Gasteiger partial charge in [-0.15, -0.1) is 12.6 Å². The van der Waals surface area contributed by atoms with Gasteiger partial charge in [-0.2, -0.15) is 0 Å². The topological polar surface area (TPSA) is 30.2 Å². The Morgan fingerprint density at radius 3 is 2.53 bits per heavy atom. The molecule has 0 unspecified atom stereocenters. The number of carbonyl (C=O) groups is 1. The van der Waals surface area contributed by atoms with E-state index in [1.165, 1.54) is 12.2 Å². The van der Waals surface area contributed by atoms with Crippen LogP contribution in [0.1, 0.15) is 28.6 Å². The van der Waals surface area contributed by atoms with Crippen LogP contribution in [0.25, 0.3) is 12.2 Å². The number of furan rings is 1. The van der Waals surface area contributed by atoms with E-state index in [0.29, 0.717) is 22.0 Å². The van der Waals surface area contributed by atoms with E-state index in [9.17, 15) is 4.79 Å². The monoisotopic (exact) mass is 220 g/mol. The quantitative estimate of drug-likeness (QED) is 0.477. The predicted octanol–water partition coefficient (Wildman–Crippen LogP) is 3.61. The van der Waals surface area contributed by atoms with E-state index in [0.717, 1.165) is 0 Å². The fraction of sp³-hybridized carbons (Fsp3) is 0.0833. The number of hydrogen-bond donors (Lipinski definition) is 1. The van der Waals surface area contributed by atoms with E-state index < -0.39 is 0 Å². The maximum atomic E-state index is 11.7. The molecule has 0 amide bonds. The highest BCUT2D eigenvalue weighted by Crippen LogP contribution is 2.28. The van der Waals surface area contributed by atoms with Crippen LogP contribution in [0.5, 0.6) is 0 Å². The highest BCUT2D eigenvalue weighted by molar-refractivity contribution is 7.80. The summed E-state index contributed by atoms with van der Waals surface area (Å²) in [6, 6.07) is 0. The summed E-state index contributed by atoms with van der Waals surface area (Å²) in [5.74, 6) is 0.372. The predicted molar refractivity (Wildman–Crippen MR) is 65.3 cm³/mol. The molecule has 1 aromatic rings. The van der Waals surface area contributed by atoms with Crippen LogP contribution in [-0.4, -0.2) is 5.78 Å². The van der Waals surface area contributed by atoms with Crippen molar-refractivity contribution in [2.75, 3.05) is 0 Å². The Bertz CT molecular complexity index is 439. The Labute approximate surface area is 94.4 Å². The molecule has 2 nitrogen and oxygen atoms in total. The first-order valence-electron chi connectivity index (χ1n) is 4.43. The average molecular weight is 220 g/mol. The van der Waals surface area contributed by atoms with Crippen molar-refractivity contribution >= 4 is 30.6 Å². The Balaban J connectivity index is 3.39. The molecule has 0 bridgehead atoms.